The SMILES string of the molecule is OCCO[N+](CCO)(CCO)CCO. The van der Waals surface area contributed by atoms with E-state index in [9.17, 15) is 0 Å². The summed E-state index contributed by atoms with van der Waals surface area (Å²) in [6.45, 7) is 0.605. The van der Waals surface area contributed by atoms with Gasteiger partial charge in [-0.2, -0.15) is 4.65 Å². The Kier molecular flexibility index (Phi) is 7.96. The average molecular weight is 210 g/mol. The van der Waals surface area contributed by atoms with Gasteiger partial charge in [0, 0.05) is 0 Å². The molecule has 0 heterocycles. The number of hydroxylamine groups is 3. The molecule has 0 aromatic carbocycles. The van der Waals surface area contributed by atoms with Crippen molar-refractivity contribution in [1.29, 1.82) is 0 Å². The molecule has 0 amide bonds. The number of rotatable bonds is 9. The Labute approximate surface area is 83.5 Å². The monoisotopic (exact) mass is 210 g/mol. The van der Waals surface area contributed by atoms with Gasteiger partial charge in [0.15, 0.2) is 0 Å². The van der Waals surface area contributed by atoms with E-state index in [-0.39, 0.29) is 37.7 Å². The number of hydrogen-bond acceptors (Lipinski definition) is 5. The molecule has 0 atom stereocenters. The number of nitrogens with zero attached hydrogens (tertiary/aromatic N) is 1. The minimum Gasteiger partial charge on any atom is -0.394 e. The summed E-state index contributed by atoms with van der Waals surface area (Å²) >= 11 is 0. The molecule has 0 rings (SSSR count). The summed E-state index contributed by atoms with van der Waals surface area (Å²) in [6, 6.07) is 0. The lowest BCUT2D eigenvalue weighted by molar-refractivity contribution is -1.10. The van der Waals surface area contributed by atoms with E-state index in [0.29, 0.717) is 19.6 Å². The van der Waals surface area contributed by atoms with Crippen LogP contribution in [0.1, 0.15) is 0 Å². The van der Waals surface area contributed by atoms with Crippen LogP contribution in [-0.4, -0.2) is 77.7 Å². The number of aliphatic hydroxyl groups excluding tert-OH is 4. The van der Waals surface area contributed by atoms with Crippen molar-refractivity contribution in [2.45, 2.75) is 0 Å². The van der Waals surface area contributed by atoms with Gasteiger partial charge in [-0.15, -0.1) is 0 Å². The molecule has 0 radical (unpaired) electrons. The van der Waals surface area contributed by atoms with Crippen LogP contribution in [0, 0.1) is 0 Å². The summed E-state index contributed by atoms with van der Waals surface area (Å²) < 4.78 is -0.0237. The molecule has 0 fully saturated rings. The average Bonchev–Trinajstić information content (AvgIpc) is 2.16. The van der Waals surface area contributed by atoms with Crippen LogP contribution in [0.3, 0.4) is 0 Å². The van der Waals surface area contributed by atoms with Gasteiger partial charge in [-0.25, -0.2) is 4.84 Å². The normalized spacial score (nSPS) is 12.0. The zero-order valence-electron chi connectivity index (χ0n) is 8.30. The quantitative estimate of drug-likeness (QED) is 0.254. The lowest BCUT2D eigenvalue weighted by atomic mass is 10.4. The lowest BCUT2D eigenvalue weighted by Gasteiger charge is -2.33. The van der Waals surface area contributed by atoms with Gasteiger partial charge in [-0.3, -0.25) is 0 Å². The zero-order chi connectivity index (χ0) is 10.9. The van der Waals surface area contributed by atoms with Crippen LogP contribution in [0.5, 0.6) is 0 Å². The number of quaternary nitrogens is 1. The summed E-state index contributed by atoms with van der Waals surface area (Å²) in [4.78, 5) is 5.31. The van der Waals surface area contributed by atoms with E-state index in [4.69, 9.17) is 25.3 Å². The maximum absolute atomic E-state index is 8.83. The van der Waals surface area contributed by atoms with Gasteiger partial charge in [-0.1, -0.05) is 0 Å². The fourth-order valence-electron chi connectivity index (χ4n) is 1.31. The standard InChI is InChI=1S/C8H20NO5/c10-4-1-9(2-5-11,3-6-12)14-8-7-13/h10-13H,1-8H2/q+1. The second-order valence-electron chi connectivity index (χ2n) is 2.96. The largest absolute Gasteiger partial charge is 0.394 e. The van der Waals surface area contributed by atoms with Crippen molar-refractivity contribution < 1.29 is 29.9 Å². The molecule has 0 aromatic heterocycles. The Morgan fingerprint density at radius 1 is 0.714 bits per heavy atom. The summed E-state index contributed by atoms with van der Waals surface area (Å²) in [6.07, 6.45) is 0. The summed E-state index contributed by atoms with van der Waals surface area (Å²) in [7, 11) is 0. The van der Waals surface area contributed by atoms with Crippen molar-refractivity contribution in [1.82, 2.24) is 0 Å². The smallest absolute Gasteiger partial charge is 0.132 e. The molecule has 0 unspecified atom stereocenters. The van der Waals surface area contributed by atoms with Gasteiger partial charge >= 0.3 is 0 Å². The molecule has 14 heavy (non-hydrogen) atoms. The third kappa shape index (κ3) is 4.85. The van der Waals surface area contributed by atoms with Gasteiger partial charge in [-0.05, 0) is 0 Å². The third-order valence-electron chi connectivity index (χ3n) is 1.98. The molecule has 6 heteroatoms. The molecule has 0 aliphatic heterocycles. The molecule has 0 aromatic rings. The molecular formula is C8H20NO5+. The molecule has 86 valence electrons. The van der Waals surface area contributed by atoms with Crippen molar-refractivity contribution >= 4 is 0 Å². The Bertz CT molecular complexity index is 116. The third-order valence-corrected chi connectivity index (χ3v) is 1.98. The maximum Gasteiger partial charge on any atom is 0.132 e. The van der Waals surface area contributed by atoms with Crippen molar-refractivity contribution in [2.24, 2.45) is 0 Å². The fraction of sp³-hybridized carbons (Fsp3) is 1.00. The minimum atomic E-state index is -0.123. The van der Waals surface area contributed by atoms with Crippen LogP contribution in [0.2, 0.25) is 0 Å². The predicted molar refractivity (Wildman–Crippen MR) is 49.2 cm³/mol. The summed E-state index contributed by atoms with van der Waals surface area (Å²) in [5.74, 6) is 0. The van der Waals surface area contributed by atoms with Crippen molar-refractivity contribution in [2.75, 3.05) is 52.7 Å². The van der Waals surface area contributed by atoms with Crippen LogP contribution in [0.4, 0.5) is 0 Å². The highest BCUT2D eigenvalue weighted by molar-refractivity contribution is 4.36. The molecule has 0 spiro atoms. The second-order valence-corrected chi connectivity index (χ2v) is 2.96. The summed E-state index contributed by atoms with van der Waals surface area (Å²) in [5, 5.41) is 35.1. The molecular weight excluding hydrogens is 190 g/mol. The van der Waals surface area contributed by atoms with E-state index in [2.05, 4.69) is 0 Å². The summed E-state index contributed by atoms with van der Waals surface area (Å²) in [5.41, 5.74) is 0. The highest BCUT2D eigenvalue weighted by Gasteiger charge is 2.28. The molecule has 0 saturated carbocycles. The van der Waals surface area contributed by atoms with E-state index >= 15 is 0 Å². The predicted octanol–water partition coefficient (Wildman–Crippen LogP) is -2.30. The van der Waals surface area contributed by atoms with Gasteiger partial charge in [0.05, 0.1) is 26.4 Å². The molecule has 4 N–H and O–H groups in total. The van der Waals surface area contributed by atoms with Crippen LogP contribution in [0.15, 0.2) is 0 Å². The van der Waals surface area contributed by atoms with Gasteiger partial charge in [0.1, 0.15) is 26.2 Å². The molecule has 6 nitrogen and oxygen atoms in total. The van der Waals surface area contributed by atoms with Crippen molar-refractivity contribution in [3.8, 4) is 0 Å². The highest BCUT2D eigenvalue weighted by atomic mass is 16.7. The molecule has 0 saturated heterocycles. The topological polar surface area (TPSA) is 90.2 Å². The van der Waals surface area contributed by atoms with Crippen molar-refractivity contribution in [3.05, 3.63) is 0 Å². The number of hydrogen-bond donors (Lipinski definition) is 4. The van der Waals surface area contributed by atoms with E-state index in [1.165, 1.54) is 0 Å². The van der Waals surface area contributed by atoms with Crippen molar-refractivity contribution in [3.63, 3.8) is 0 Å². The van der Waals surface area contributed by atoms with Crippen LogP contribution in [-0.2, 0) is 4.84 Å². The first-order valence-corrected chi connectivity index (χ1v) is 4.68. The first-order valence-electron chi connectivity index (χ1n) is 4.68. The maximum atomic E-state index is 8.83. The fourth-order valence-corrected chi connectivity index (χ4v) is 1.31. The molecule has 0 bridgehead atoms. The Morgan fingerprint density at radius 2 is 1.14 bits per heavy atom. The lowest BCUT2D eigenvalue weighted by Crippen LogP contribution is -2.53. The molecule has 0 aliphatic carbocycles. The Morgan fingerprint density at radius 3 is 1.43 bits per heavy atom. The second kappa shape index (κ2) is 8.10. The first kappa shape index (κ1) is 13.8. The minimum absolute atomic E-state index is 0.0237. The first-order chi connectivity index (χ1) is 6.74. The van der Waals surface area contributed by atoms with E-state index in [1.807, 2.05) is 0 Å². The van der Waals surface area contributed by atoms with Gasteiger partial charge in [0.25, 0.3) is 0 Å². The van der Waals surface area contributed by atoms with E-state index < -0.39 is 0 Å². The Hall–Kier alpha value is -0.240. The van der Waals surface area contributed by atoms with E-state index in [1.54, 1.807) is 0 Å². The van der Waals surface area contributed by atoms with E-state index in [0.717, 1.165) is 0 Å². The van der Waals surface area contributed by atoms with Crippen LogP contribution >= 0.6 is 0 Å². The van der Waals surface area contributed by atoms with Crippen LogP contribution < -0.4 is 0 Å². The molecule has 0 aliphatic rings. The van der Waals surface area contributed by atoms with Gasteiger partial charge < -0.3 is 20.4 Å². The number of aliphatic hydroxyl groups is 4. The van der Waals surface area contributed by atoms with Crippen LogP contribution in [0.25, 0.3) is 0 Å². The highest BCUT2D eigenvalue weighted by Crippen LogP contribution is 2.06. The zero-order valence-corrected chi connectivity index (χ0v) is 8.30. The van der Waals surface area contributed by atoms with Gasteiger partial charge in [0.2, 0.25) is 0 Å². The Balaban J connectivity index is 4.21.